The van der Waals surface area contributed by atoms with Gasteiger partial charge in [-0.1, -0.05) is 12.1 Å². The minimum atomic E-state index is -0.397. The van der Waals surface area contributed by atoms with Gasteiger partial charge in [0.2, 0.25) is 11.7 Å². The van der Waals surface area contributed by atoms with Crippen LogP contribution in [0.25, 0.3) is 16.4 Å². The summed E-state index contributed by atoms with van der Waals surface area (Å²) in [5.74, 6) is -0.107. The van der Waals surface area contributed by atoms with E-state index in [0.29, 0.717) is 37.4 Å². The lowest BCUT2D eigenvalue weighted by Gasteiger charge is -2.14. The molecule has 1 N–H and O–H groups in total. The molecular weight excluding hydrogens is 393 g/mol. The Labute approximate surface area is 171 Å². The number of carbonyl (C=O) groups excluding carboxylic acids is 2. The fourth-order valence-corrected chi connectivity index (χ4v) is 3.95. The lowest BCUT2D eigenvalue weighted by molar-refractivity contribution is -0.127. The summed E-state index contributed by atoms with van der Waals surface area (Å²) in [4.78, 5) is 31.2. The van der Waals surface area contributed by atoms with Crippen LogP contribution >= 0.6 is 11.3 Å². The van der Waals surface area contributed by atoms with Gasteiger partial charge in [0.05, 0.1) is 10.6 Å². The summed E-state index contributed by atoms with van der Waals surface area (Å²) in [5.41, 5.74) is 0.493. The van der Waals surface area contributed by atoms with Crippen molar-refractivity contribution in [1.29, 1.82) is 0 Å². The predicted octanol–water partition coefficient (Wildman–Crippen LogP) is 2.88. The molecule has 1 saturated heterocycles. The molecule has 1 aliphatic heterocycles. The van der Waals surface area contributed by atoms with Crippen molar-refractivity contribution < 1.29 is 14.0 Å². The van der Waals surface area contributed by atoms with E-state index in [0.717, 1.165) is 17.8 Å². The quantitative estimate of drug-likeness (QED) is 0.604. The number of thiophene rings is 1. The van der Waals surface area contributed by atoms with Crippen LogP contribution in [-0.2, 0) is 4.79 Å². The number of hydrogen-bond acceptors (Lipinski definition) is 5. The molecule has 2 amide bonds. The normalized spacial score (nSPS) is 13.8. The Morgan fingerprint density at radius 3 is 2.90 bits per heavy atom. The maximum atomic E-state index is 13.7. The summed E-state index contributed by atoms with van der Waals surface area (Å²) in [6, 6.07) is 9.75. The van der Waals surface area contributed by atoms with Crippen molar-refractivity contribution in [2.45, 2.75) is 19.3 Å². The second-order valence-electron chi connectivity index (χ2n) is 6.72. The first-order chi connectivity index (χ1) is 14.1. The molecule has 0 aliphatic carbocycles. The molecule has 0 spiro atoms. The van der Waals surface area contributed by atoms with Gasteiger partial charge < -0.3 is 10.2 Å². The third kappa shape index (κ3) is 4.34. The van der Waals surface area contributed by atoms with Gasteiger partial charge in [-0.15, -0.1) is 16.4 Å². The van der Waals surface area contributed by atoms with E-state index < -0.39 is 11.7 Å². The average molecular weight is 413 g/mol. The molecule has 0 atom stereocenters. The van der Waals surface area contributed by atoms with Crippen molar-refractivity contribution >= 4 is 23.2 Å². The average Bonchev–Trinajstić information content (AvgIpc) is 3.45. The zero-order valence-electron chi connectivity index (χ0n) is 15.7. The van der Waals surface area contributed by atoms with Crippen LogP contribution in [0.4, 0.5) is 4.39 Å². The van der Waals surface area contributed by atoms with E-state index in [-0.39, 0.29) is 11.7 Å². The summed E-state index contributed by atoms with van der Waals surface area (Å²) >= 11 is 1.46. The Morgan fingerprint density at radius 2 is 2.17 bits per heavy atom. The largest absolute Gasteiger partial charge is 0.349 e. The topological polar surface area (TPSA) is 80.1 Å². The van der Waals surface area contributed by atoms with Crippen molar-refractivity contribution in [3.63, 3.8) is 0 Å². The number of carbonyl (C=O) groups is 2. The Hall–Kier alpha value is -3.07. The lowest BCUT2D eigenvalue weighted by atomic mass is 10.3. The van der Waals surface area contributed by atoms with Crippen molar-refractivity contribution in [2.24, 2.45) is 0 Å². The molecule has 0 unspecified atom stereocenters. The second kappa shape index (κ2) is 8.52. The van der Waals surface area contributed by atoms with Crippen LogP contribution in [0.2, 0.25) is 0 Å². The predicted molar refractivity (Wildman–Crippen MR) is 107 cm³/mol. The molecule has 1 fully saturated rings. The Balaban J connectivity index is 1.48. The van der Waals surface area contributed by atoms with Gasteiger partial charge in [0.1, 0.15) is 5.82 Å². The van der Waals surface area contributed by atoms with Crippen molar-refractivity contribution in [1.82, 2.24) is 25.0 Å². The van der Waals surface area contributed by atoms with E-state index in [4.69, 9.17) is 0 Å². The molecule has 4 rings (SSSR count). The van der Waals surface area contributed by atoms with Gasteiger partial charge in [-0.05, 0) is 42.5 Å². The van der Waals surface area contributed by atoms with Crippen LogP contribution in [0.15, 0.2) is 41.8 Å². The summed E-state index contributed by atoms with van der Waals surface area (Å²) in [6.07, 6.45) is 2.18. The smallest absolute Gasteiger partial charge is 0.290 e. The Bertz CT molecular complexity index is 1020. The molecule has 150 valence electrons. The van der Waals surface area contributed by atoms with Crippen molar-refractivity contribution in [3.05, 3.63) is 53.4 Å². The lowest BCUT2D eigenvalue weighted by Crippen LogP contribution is -2.31. The third-order valence-electron chi connectivity index (χ3n) is 4.67. The first kappa shape index (κ1) is 19.3. The number of benzene rings is 1. The zero-order valence-corrected chi connectivity index (χ0v) is 16.5. The maximum absolute atomic E-state index is 13.7. The molecule has 9 heteroatoms. The van der Waals surface area contributed by atoms with E-state index in [1.807, 2.05) is 22.4 Å². The number of hydrogen-bond donors (Lipinski definition) is 1. The van der Waals surface area contributed by atoms with Crippen LogP contribution in [-0.4, -0.2) is 51.1 Å². The van der Waals surface area contributed by atoms with Crippen LogP contribution < -0.4 is 5.32 Å². The van der Waals surface area contributed by atoms with Gasteiger partial charge in [0, 0.05) is 26.1 Å². The molecule has 0 radical (unpaired) electrons. The Kier molecular flexibility index (Phi) is 5.66. The minimum Gasteiger partial charge on any atom is -0.349 e. The summed E-state index contributed by atoms with van der Waals surface area (Å²) in [5, 5.41) is 9.02. The number of amides is 2. The van der Waals surface area contributed by atoms with Gasteiger partial charge in [-0.3, -0.25) is 9.59 Å². The fourth-order valence-electron chi connectivity index (χ4n) is 3.25. The SMILES string of the molecule is O=C(NCCCN1CCCC1=O)c1nc(-c2cccs2)n(-c2cccc(F)c2)n1. The molecule has 2 aromatic heterocycles. The molecule has 29 heavy (non-hydrogen) atoms. The van der Waals surface area contributed by atoms with E-state index in [9.17, 15) is 14.0 Å². The number of aromatic nitrogens is 3. The molecule has 1 aromatic carbocycles. The highest BCUT2D eigenvalue weighted by atomic mass is 32.1. The van der Waals surface area contributed by atoms with E-state index in [1.54, 1.807) is 12.1 Å². The summed E-state index contributed by atoms with van der Waals surface area (Å²) in [7, 11) is 0. The second-order valence-corrected chi connectivity index (χ2v) is 7.67. The summed E-state index contributed by atoms with van der Waals surface area (Å²) < 4.78 is 15.2. The fraction of sp³-hybridized carbons (Fsp3) is 0.300. The van der Waals surface area contributed by atoms with Gasteiger partial charge in [-0.2, -0.15) is 0 Å². The molecule has 0 bridgehead atoms. The monoisotopic (exact) mass is 413 g/mol. The van der Waals surface area contributed by atoms with E-state index in [1.165, 1.54) is 28.2 Å². The van der Waals surface area contributed by atoms with Crippen LogP contribution in [0.3, 0.4) is 0 Å². The Morgan fingerprint density at radius 1 is 1.28 bits per heavy atom. The highest BCUT2D eigenvalue weighted by molar-refractivity contribution is 7.13. The molecule has 0 saturated carbocycles. The minimum absolute atomic E-state index is 0.0231. The molecule has 3 heterocycles. The maximum Gasteiger partial charge on any atom is 0.290 e. The molecular formula is C20H20FN5O2S. The number of nitrogens with zero attached hydrogens (tertiary/aromatic N) is 4. The van der Waals surface area contributed by atoms with Crippen LogP contribution in [0, 0.1) is 5.82 Å². The van der Waals surface area contributed by atoms with E-state index >= 15 is 0 Å². The summed E-state index contributed by atoms with van der Waals surface area (Å²) in [6.45, 7) is 1.84. The first-order valence-electron chi connectivity index (χ1n) is 9.44. The highest BCUT2D eigenvalue weighted by Crippen LogP contribution is 2.25. The third-order valence-corrected chi connectivity index (χ3v) is 5.53. The van der Waals surface area contributed by atoms with Crippen LogP contribution in [0.1, 0.15) is 29.9 Å². The van der Waals surface area contributed by atoms with Gasteiger partial charge in [0.15, 0.2) is 5.82 Å². The number of rotatable bonds is 7. The standard InChI is InChI=1S/C20H20FN5O2S/c21-14-5-1-6-15(13-14)26-19(16-7-3-12-29-16)23-18(24-26)20(28)22-9-4-11-25-10-2-8-17(25)27/h1,3,5-7,12-13H,2,4,8-11H2,(H,22,28). The van der Waals surface area contributed by atoms with Gasteiger partial charge in [-0.25, -0.2) is 14.1 Å². The molecule has 1 aliphatic rings. The first-order valence-corrected chi connectivity index (χ1v) is 10.3. The van der Waals surface area contributed by atoms with Crippen molar-refractivity contribution in [2.75, 3.05) is 19.6 Å². The van der Waals surface area contributed by atoms with E-state index in [2.05, 4.69) is 15.4 Å². The zero-order chi connectivity index (χ0) is 20.2. The number of nitrogens with one attached hydrogen (secondary N) is 1. The van der Waals surface area contributed by atoms with Gasteiger partial charge >= 0.3 is 0 Å². The molecule has 7 nitrogen and oxygen atoms in total. The van der Waals surface area contributed by atoms with Crippen molar-refractivity contribution in [3.8, 4) is 16.4 Å². The highest BCUT2D eigenvalue weighted by Gasteiger charge is 2.21. The number of halogens is 1. The molecule has 3 aromatic rings. The van der Waals surface area contributed by atoms with Crippen LogP contribution in [0.5, 0.6) is 0 Å². The van der Waals surface area contributed by atoms with Gasteiger partial charge in [0.25, 0.3) is 5.91 Å². The number of likely N-dealkylation sites (tertiary alicyclic amines) is 1.